The monoisotopic (exact) mass is 366 g/mol. The minimum Gasteiger partial charge on any atom is -0.265 e. The van der Waals surface area contributed by atoms with Crippen molar-refractivity contribution in [1.29, 1.82) is 0 Å². The van der Waals surface area contributed by atoms with Crippen LogP contribution in [0.15, 0.2) is 78.0 Å². The summed E-state index contributed by atoms with van der Waals surface area (Å²) in [5.74, 6) is 0.669. The number of benzene rings is 2. The molecule has 2 nitrogen and oxygen atoms in total. The Bertz CT molecular complexity index is 1010. The predicted octanol–water partition coefficient (Wildman–Crippen LogP) is 6.35. The maximum atomic E-state index is 5.08. The molecule has 2 heteroatoms. The first-order chi connectivity index (χ1) is 13.6. The number of allylic oxidation sites excluding steroid dienone is 1. The van der Waals surface area contributed by atoms with E-state index in [2.05, 4.69) is 86.4 Å². The number of nitrogens with zero attached hydrogens (tertiary/aromatic N) is 2. The molecule has 2 heterocycles. The van der Waals surface area contributed by atoms with Gasteiger partial charge in [-0.2, -0.15) is 0 Å². The van der Waals surface area contributed by atoms with Crippen molar-refractivity contribution in [2.45, 2.75) is 33.6 Å². The van der Waals surface area contributed by atoms with Gasteiger partial charge < -0.3 is 0 Å². The Morgan fingerprint density at radius 3 is 2.07 bits per heavy atom. The molecule has 1 aliphatic heterocycles. The van der Waals surface area contributed by atoms with E-state index in [1.54, 1.807) is 0 Å². The lowest BCUT2D eigenvalue weighted by Gasteiger charge is -2.08. The van der Waals surface area contributed by atoms with Crippen molar-refractivity contribution in [2.75, 3.05) is 0 Å². The average molecular weight is 367 g/mol. The molecule has 0 radical (unpaired) electrons. The van der Waals surface area contributed by atoms with Crippen LogP contribution in [-0.2, 0) is 6.42 Å². The Balaban J connectivity index is 1.70. The topological polar surface area (TPSA) is 25.2 Å². The van der Waals surface area contributed by atoms with Gasteiger partial charge in [0.25, 0.3) is 0 Å². The number of hydrogen-bond acceptors (Lipinski definition) is 2. The molecule has 2 aromatic carbocycles. The molecular formula is C26H26N2. The Labute approximate surface area is 167 Å². The van der Waals surface area contributed by atoms with E-state index in [0.29, 0.717) is 5.92 Å². The SMILES string of the molecule is Cc1ccc(C2=C(c3ccncc3)CC(c3ccc(CC(C)C)cc3)=N2)cc1. The van der Waals surface area contributed by atoms with E-state index in [0.717, 1.165) is 24.3 Å². The number of aryl methyl sites for hydroxylation is 1. The summed E-state index contributed by atoms with van der Waals surface area (Å²) in [6.45, 7) is 6.63. The predicted molar refractivity (Wildman–Crippen MR) is 118 cm³/mol. The van der Waals surface area contributed by atoms with Gasteiger partial charge in [0.1, 0.15) is 0 Å². The Morgan fingerprint density at radius 2 is 1.43 bits per heavy atom. The fraction of sp³-hybridized carbons (Fsp3) is 0.231. The van der Waals surface area contributed by atoms with Crippen LogP contribution in [0.1, 0.15) is 48.1 Å². The van der Waals surface area contributed by atoms with Gasteiger partial charge in [-0.1, -0.05) is 67.9 Å². The van der Waals surface area contributed by atoms with E-state index in [1.165, 1.54) is 33.4 Å². The lowest BCUT2D eigenvalue weighted by Crippen LogP contribution is -2.00. The Morgan fingerprint density at radius 1 is 0.786 bits per heavy atom. The molecule has 0 amide bonds. The zero-order valence-electron chi connectivity index (χ0n) is 16.8. The van der Waals surface area contributed by atoms with Gasteiger partial charge in [-0.3, -0.25) is 9.98 Å². The quantitative estimate of drug-likeness (QED) is 0.516. The van der Waals surface area contributed by atoms with Gasteiger partial charge in [0, 0.05) is 24.4 Å². The molecule has 0 saturated carbocycles. The molecule has 3 aromatic rings. The number of aromatic nitrogens is 1. The molecule has 0 spiro atoms. The minimum atomic E-state index is 0.669. The van der Waals surface area contributed by atoms with Gasteiger partial charge >= 0.3 is 0 Å². The first-order valence-electron chi connectivity index (χ1n) is 9.97. The van der Waals surface area contributed by atoms with Crippen LogP contribution in [0.4, 0.5) is 0 Å². The molecule has 1 aliphatic rings. The average Bonchev–Trinajstić information content (AvgIpc) is 3.15. The van der Waals surface area contributed by atoms with Crippen molar-refractivity contribution < 1.29 is 0 Å². The van der Waals surface area contributed by atoms with E-state index in [9.17, 15) is 0 Å². The third-order valence-corrected chi connectivity index (χ3v) is 5.16. The highest BCUT2D eigenvalue weighted by Crippen LogP contribution is 2.37. The van der Waals surface area contributed by atoms with Gasteiger partial charge in [0.2, 0.25) is 0 Å². The summed E-state index contributed by atoms with van der Waals surface area (Å²) in [7, 11) is 0. The Hall–Kier alpha value is -3.00. The summed E-state index contributed by atoms with van der Waals surface area (Å²) >= 11 is 0. The summed E-state index contributed by atoms with van der Waals surface area (Å²) < 4.78 is 0. The highest BCUT2D eigenvalue weighted by atomic mass is 14.8. The van der Waals surface area contributed by atoms with E-state index in [4.69, 9.17) is 4.99 Å². The van der Waals surface area contributed by atoms with Crippen LogP contribution in [0.2, 0.25) is 0 Å². The van der Waals surface area contributed by atoms with Gasteiger partial charge in [-0.05, 0) is 53.7 Å². The summed E-state index contributed by atoms with van der Waals surface area (Å²) in [6.07, 6.45) is 5.67. The van der Waals surface area contributed by atoms with Crippen LogP contribution < -0.4 is 0 Å². The molecule has 4 rings (SSSR count). The van der Waals surface area contributed by atoms with E-state index < -0.39 is 0 Å². The van der Waals surface area contributed by atoms with Crippen LogP contribution in [-0.4, -0.2) is 10.7 Å². The van der Waals surface area contributed by atoms with Gasteiger partial charge in [-0.15, -0.1) is 0 Å². The lowest BCUT2D eigenvalue weighted by atomic mass is 9.95. The zero-order chi connectivity index (χ0) is 19.5. The van der Waals surface area contributed by atoms with E-state index >= 15 is 0 Å². The molecule has 0 unspecified atom stereocenters. The molecule has 0 bridgehead atoms. The molecular weight excluding hydrogens is 340 g/mol. The second-order valence-corrected chi connectivity index (χ2v) is 7.96. The molecule has 140 valence electrons. The molecule has 0 aliphatic carbocycles. The highest BCUT2D eigenvalue weighted by molar-refractivity contribution is 6.16. The van der Waals surface area contributed by atoms with Crippen LogP contribution in [0.3, 0.4) is 0 Å². The summed E-state index contributed by atoms with van der Waals surface area (Å²) in [5.41, 5.74) is 9.71. The van der Waals surface area contributed by atoms with Crippen molar-refractivity contribution in [2.24, 2.45) is 10.9 Å². The summed E-state index contributed by atoms with van der Waals surface area (Å²) in [5, 5.41) is 0. The fourth-order valence-electron chi connectivity index (χ4n) is 3.71. The maximum absolute atomic E-state index is 5.08. The number of rotatable bonds is 5. The number of pyridine rings is 1. The molecule has 0 N–H and O–H groups in total. The van der Waals surface area contributed by atoms with Crippen LogP contribution >= 0.6 is 0 Å². The fourth-order valence-corrected chi connectivity index (χ4v) is 3.71. The van der Waals surface area contributed by atoms with Gasteiger partial charge in [0.15, 0.2) is 0 Å². The Kier molecular flexibility index (Phi) is 5.21. The second-order valence-electron chi connectivity index (χ2n) is 7.96. The first-order valence-corrected chi connectivity index (χ1v) is 9.97. The molecule has 28 heavy (non-hydrogen) atoms. The van der Waals surface area contributed by atoms with E-state index in [-0.39, 0.29) is 0 Å². The molecule has 0 fully saturated rings. The normalized spacial score (nSPS) is 13.9. The van der Waals surface area contributed by atoms with Crippen molar-refractivity contribution >= 4 is 17.0 Å². The van der Waals surface area contributed by atoms with E-state index in [1.807, 2.05) is 12.4 Å². The number of aliphatic imine (C=N–C) groups is 1. The summed E-state index contributed by atoms with van der Waals surface area (Å²) in [4.78, 5) is 9.26. The zero-order valence-corrected chi connectivity index (χ0v) is 16.8. The number of hydrogen-bond donors (Lipinski definition) is 0. The van der Waals surface area contributed by atoms with Crippen molar-refractivity contribution in [3.05, 3.63) is 101 Å². The standard InChI is InChI=1S/C26H26N2/c1-18(2)16-20-6-10-22(11-7-20)25-17-24(21-12-14-27-15-13-21)26(28-25)23-8-4-19(3)5-9-23/h4-15,18H,16-17H2,1-3H3. The van der Waals surface area contributed by atoms with Crippen molar-refractivity contribution in [1.82, 2.24) is 4.98 Å². The molecule has 0 saturated heterocycles. The smallest absolute Gasteiger partial charge is 0.0747 e. The molecule has 1 aromatic heterocycles. The second kappa shape index (κ2) is 7.93. The third-order valence-electron chi connectivity index (χ3n) is 5.16. The highest BCUT2D eigenvalue weighted by Gasteiger charge is 2.21. The maximum Gasteiger partial charge on any atom is 0.0747 e. The van der Waals surface area contributed by atoms with Crippen LogP contribution in [0.5, 0.6) is 0 Å². The van der Waals surface area contributed by atoms with Crippen LogP contribution in [0.25, 0.3) is 11.3 Å². The van der Waals surface area contributed by atoms with Crippen LogP contribution in [0, 0.1) is 12.8 Å². The lowest BCUT2D eigenvalue weighted by molar-refractivity contribution is 0.647. The van der Waals surface area contributed by atoms with Crippen molar-refractivity contribution in [3.8, 4) is 0 Å². The largest absolute Gasteiger partial charge is 0.265 e. The third kappa shape index (κ3) is 3.96. The summed E-state index contributed by atoms with van der Waals surface area (Å²) in [6, 6.07) is 21.7. The molecule has 0 atom stereocenters. The van der Waals surface area contributed by atoms with Gasteiger partial charge in [-0.25, -0.2) is 0 Å². The first kappa shape index (κ1) is 18.4. The van der Waals surface area contributed by atoms with Gasteiger partial charge in [0.05, 0.1) is 11.4 Å². The minimum absolute atomic E-state index is 0.669. The van der Waals surface area contributed by atoms with Crippen molar-refractivity contribution in [3.63, 3.8) is 0 Å².